The van der Waals surface area contributed by atoms with Gasteiger partial charge in [0.1, 0.15) is 18.3 Å². The topological polar surface area (TPSA) is 60.7 Å². The van der Waals surface area contributed by atoms with Crippen LogP contribution in [-0.2, 0) is 4.74 Å². The second-order valence-corrected chi connectivity index (χ2v) is 4.63. The minimum Gasteiger partial charge on any atom is -0.378 e. The molecule has 1 aromatic rings. The molecule has 0 aliphatic carbocycles. The Bertz CT molecular complexity index is 557. The molecule has 1 saturated heterocycles. The van der Waals surface area contributed by atoms with Crippen LogP contribution in [0.15, 0.2) is 28.6 Å². The molecule has 0 atom stereocenters. The zero-order valence-electron chi connectivity index (χ0n) is 11.1. The van der Waals surface area contributed by atoms with Crippen LogP contribution in [0.4, 0.5) is 19.3 Å². The van der Waals surface area contributed by atoms with Crippen molar-refractivity contribution in [2.75, 3.05) is 38.0 Å². The molecule has 1 fully saturated rings. The van der Waals surface area contributed by atoms with Crippen molar-refractivity contribution in [3.8, 4) is 0 Å². The molecule has 7 nitrogen and oxygen atoms in total. The third-order valence-electron chi connectivity index (χ3n) is 3.17. The lowest BCUT2D eigenvalue weighted by Gasteiger charge is -2.28. The maximum absolute atomic E-state index is 13.2. The average Bonchev–Trinajstić information content (AvgIpc) is 2.96. The highest BCUT2D eigenvalue weighted by molar-refractivity contribution is 5.74. The minimum absolute atomic E-state index is 0.0130. The van der Waals surface area contributed by atoms with Crippen molar-refractivity contribution < 1.29 is 18.3 Å². The van der Waals surface area contributed by atoms with Crippen LogP contribution in [0.25, 0.3) is 0 Å². The molecule has 0 N–H and O–H groups in total. The van der Waals surface area contributed by atoms with Gasteiger partial charge in [0.2, 0.25) is 0 Å². The summed E-state index contributed by atoms with van der Waals surface area (Å²) in [6, 6.07) is 2.73. The largest absolute Gasteiger partial charge is 0.378 e. The molecule has 2 amide bonds. The molecule has 0 spiro atoms. The van der Waals surface area contributed by atoms with Crippen LogP contribution in [0.2, 0.25) is 0 Å². The second-order valence-electron chi connectivity index (χ2n) is 4.63. The van der Waals surface area contributed by atoms with E-state index < -0.39 is 11.6 Å². The molecular weight excluding hydrogens is 284 g/mol. The van der Waals surface area contributed by atoms with Crippen molar-refractivity contribution in [1.29, 1.82) is 0 Å². The van der Waals surface area contributed by atoms with E-state index in [0.29, 0.717) is 26.3 Å². The molecule has 2 aliphatic heterocycles. The van der Waals surface area contributed by atoms with E-state index >= 15 is 0 Å². The van der Waals surface area contributed by atoms with Crippen molar-refractivity contribution in [1.82, 2.24) is 9.91 Å². The molecule has 1 aromatic carbocycles. The Balaban J connectivity index is 1.68. The number of benzene rings is 1. The van der Waals surface area contributed by atoms with Crippen LogP contribution in [-0.4, -0.2) is 48.9 Å². The van der Waals surface area contributed by atoms with E-state index in [4.69, 9.17) is 4.74 Å². The molecule has 2 aliphatic rings. The third-order valence-corrected chi connectivity index (χ3v) is 3.17. The Morgan fingerprint density at radius 2 is 1.76 bits per heavy atom. The van der Waals surface area contributed by atoms with Gasteiger partial charge in [-0.2, -0.15) is 5.01 Å². The van der Waals surface area contributed by atoms with E-state index in [9.17, 15) is 13.6 Å². The van der Waals surface area contributed by atoms with E-state index in [1.165, 1.54) is 5.01 Å². The molecule has 0 saturated carbocycles. The highest BCUT2D eigenvalue weighted by Gasteiger charge is 2.28. The van der Waals surface area contributed by atoms with Gasteiger partial charge in [-0.15, -0.1) is 0 Å². The number of halogens is 2. The highest BCUT2D eigenvalue weighted by atomic mass is 19.1. The summed E-state index contributed by atoms with van der Waals surface area (Å²) in [5.41, 5.74) is 0.202. The molecule has 3 rings (SSSR count). The summed E-state index contributed by atoms with van der Waals surface area (Å²) >= 11 is 0. The SMILES string of the molecule is O=C(N1CCOCC1)N1CN(c2cc(F)cc(F)c2)N=N1. The standard InChI is InChI=1S/C12H13F2N5O2/c13-9-5-10(14)7-11(6-9)18-8-19(16-15-18)12(20)17-1-3-21-4-2-17/h5-7H,1-4,8H2. The third kappa shape index (κ3) is 2.92. The van der Waals surface area contributed by atoms with Crippen molar-refractivity contribution in [2.24, 2.45) is 10.4 Å². The quantitative estimate of drug-likeness (QED) is 0.794. The molecule has 112 valence electrons. The summed E-state index contributed by atoms with van der Waals surface area (Å²) in [4.78, 5) is 13.8. The number of hydrogen-bond donors (Lipinski definition) is 0. The molecule has 0 radical (unpaired) electrons. The maximum atomic E-state index is 13.2. The molecule has 2 heterocycles. The summed E-state index contributed by atoms with van der Waals surface area (Å²) < 4.78 is 31.5. The van der Waals surface area contributed by atoms with Crippen LogP contribution >= 0.6 is 0 Å². The number of nitrogens with zero attached hydrogens (tertiary/aromatic N) is 5. The number of carbonyl (C=O) groups is 1. The fourth-order valence-electron chi connectivity index (χ4n) is 2.12. The highest BCUT2D eigenvalue weighted by Crippen LogP contribution is 2.22. The predicted molar refractivity (Wildman–Crippen MR) is 68.2 cm³/mol. The zero-order valence-corrected chi connectivity index (χ0v) is 11.1. The Labute approximate surface area is 119 Å². The molecule has 0 aromatic heterocycles. The first-order valence-corrected chi connectivity index (χ1v) is 6.43. The normalized spacial score (nSPS) is 18.5. The number of amides is 2. The number of anilines is 1. The van der Waals surface area contributed by atoms with Gasteiger partial charge in [0.25, 0.3) is 0 Å². The van der Waals surface area contributed by atoms with Crippen molar-refractivity contribution in [3.05, 3.63) is 29.8 Å². The molecule has 0 unspecified atom stereocenters. The van der Waals surface area contributed by atoms with Gasteiger partial charge in [-0.25, -0.2) is 18.6 Å². The molecule has 0 bridgehead atoms. The van der Waals surface area contributed by atoms with Crippen molar-refractivity contribution >= 4 is 11.7 Å². The number of ether oxygens (including phenoxy) is 1. The van der Waals surface area contributed by atoms with E-state index in [1.807, 2.05) is 0 Å². The minimum atomic E-state index is -0.710. The Hall–Kier alpha value is -2.29. The lowest BCUT2D eigenvalue weighted by molar-refractivity contribution is 0.0443. The van der Waals surface area contributed by atoms with Crippen LogP contribution in [0.1, 0.15) is 0 Å². The van der Waals surface area contributed by atoms with Gasteiger partial charge in [0.05, 0.1) is 18.9 Å². The molecule has 21 heavy (non-hydrogen) atoms. The number of rotatable bonds is 1. The van der Waals surface area contributed by atoms with E-state index in [-0.39, 0.29) is 18.4 Å². The van der Waals surface area contributed by atoms with Crippen LogP contribution in [0.3, 0.4) is 0 Å². The number of morpholine rings is 1. The predicted octanol–water partition coefficient (Wildman–Crippen LogP) is 1.78. The Kier molecular flexibility index (Phi) is 3.65. The van der Waals surface area contributed by atoms with Gasteiger partial charge in [0, 0.05) is 19.2 Å². The molecular formula is C12H13F2N5O2. The number of carbonyl (C=O) groups excluding carboxylic acids is 1. The monoisotopic (exact) mass is 297 g/mol. The fourth-order valence-corrected chi connectivity index (χ4v) is 2.12. The summed E-state index contributed by atoms with van der Waals surface area (Å²) in [6.07, 6.45) is 0. The number of hydrogen-bond acceptors (Lipinski definition) is 5. The van der Waals surface area contributed by atoms with Gasteiger partial charge in [-0.05, 0) is 22.6 Å². The van der Waals surface area contributed by atoms with Gasteiger partial charge in [-0.3, -0.25) is 0 Å². The summed E-state index contributed by atoms with van der Waals surface area (Å²) in [5.74, 6) is -1.42. The lowest BCUT2D eigenvalue weighted by atomic mass is 10.3. The first-order chi connectivity index (χ1) is 10.1. The molecule has 9 heteroatoms. The zero-order chi connectivity index (χ0) is 14.8. The first kappa shape index (κ1) is 13.7. The Morgan fingerprint density at radius 1 is 1.10 bits per heavy atom. The number of urea groups is 1. The smallest absolute Gasteiger partial charge is 0.343 e. The van der Waals surface area contributed by atoms with Gasteiger partial charge >= 0.3 is 6.03 Å². The van der Waals surface area contributed by atoms with Crippen molar-refractivity contribution in [3.63, 3.8) is 0 Å². The van der Waals surface area contributed by atoms with Crippen LogP contribution in [0, 0.1) is 11.6 Å². The lowest BCUT2D eigenvalue weighted by Crippen LogP contribution is -2.47. The van der Waals surface area contributed by atoms with Gasteiger partial charge < -0.3 is 9.64 Å². The summed E-state index contributed by atoms with van der Waals surface area (Å²) in [5, 5.41) is 9.89. The average molecular weight is 297 g/mol. The van der Waals surface area contributed by atoms with Crippen LogP contribution < -0.4 is 5.01 Å². The first-order valence-electron chi connectivity index (χ1n) is 6.43. The van der Waals surface area contributed by atoms with E-state index in [2.05, 4.69) is 10.4 Å². The fraction of sp³-hybridized carbons (Fsp3) is 0.417. The van der Waals surface area contributed by atoms with Gasteiger partial charge in [0.15, 0.2) is 0 Å². The van der Waals surface area contributed by atoms with Crippen molar-refractivity contribution in [2.45, 2.75) is 0 Å². The van der Waals surface area contributed by atoms with E-state index in [0.717, 1.165) is 23.2 Å². The summed E-state index contributed by atoms with van der Waals surface area (Å²) in [7, 11) is 0. The maximum Gasteiger partial charge on any atom is 0.343 e. The van der Waals surface area contributed by atoms with E-state index in [1.54, 1.807) is 4.90 Å². The Morgan fingerprint density at radius 3 is 2.43 bits per heavy atom. The summed E-state index contributed by atoms with van der Waals surface area (Å²) in [6.45, 7) is 1.95. The van der Waals surface area contributed by atoms with Crippen LogP contribution in [0.5, 0.6) is 0 Å². The van der Waals surface area contributed by atoms with Gasteiger partial charge in [-0.1, -0.05) is 0 Å². The second kappa shape index (κ2) is 5.60.